The highest BCUT2D eigenvalue weighted by molar-refractivity contribution is 6.22. The lowest BCUT2D eigenvalue weighted by Gasteiger charge is -2.17. The van der Waals surface area contributed by atoms with E-state index < -0.39 is 5.97 Å². The number of anilines is 1. The zero-order chi connectivity index (χ0) is 16.1. The molecular formula is C18H15NO4. The van der Waals surface area contributed by atoms with Gasteiger partial charge in [-0.05, 0) is 42.0 Å². The van der Waals surface area contributed by atoms with Gasteiger partial charge >= 0.3 is 5.97 Å². The van der Waals surface area contributed by atoms with Crippen LogP contribution in [0.1, 0.15) is 12.0 Å². The minimum absolute atomic E-state index is 0.129. The lowest BCUT2D eigenvalue weighted by molar-refractivity contribution is -0.131. The molecule has 2 aliphatic carbocycles. The van der Waals surface area contributed by atoms with E-state index in [1.807, 2.05) is 0 Å². The van der Waals surface area contributed by atoms with Gasteiger partial charge in [0.15, 0.2) is 0 Å². The Morgan fingerprint density at radius 3 is 2.39 bits per heavy atom. The minimum Gasteiger partial charge on any atom is -0.478 e. The molecule has 4 rings (SSSR count). The van der Waals surface area contributed by atoms with Crippen LogP contribution in [0.4, 0.5) is 5.69 Å². The highest BCUT2D eigenvalue weighted by Gasteiger charge is 2.59. The number of carboxylic acids is 1. The van der Waals surface area contributed by atoms with Crippen molar-refractivity contribution in [3.05, 3.63) is 48.1 Å². The maximum absolute atomic E-state index is 12.7. The van der Waals surface area contributed by atoms with Crippen LogP contribution in [0, 0.1) is 23.7 Å². The molecular weight excluding hydrogens is 294 g/mol. The monoisotopic (exact) mass is 309 g/mol. The number of amides is 2. The van der Waals surface area contributed by atoms with Crippen molar-refractivity contribution in [1.29, 1.82) is 0 Å². The second-order valence-electron chi connectivity index (χ2n) is 6.28. The van der Waals surface area contributed by atoms with E-state index in [0.29, 0.717) is 11.3 Å². The fraction of sp³-hybridized carbons (Fsp3) is 0.278. The number of carbonyl (C=O) groups excluding carboxylic acids is 2. The predicted molar refractivity (Wildman–Crippen MR) is 83.3 cm³/mol. The summed E-state index contributed by atoms with van der Waals surface area (Å²) < 4.78 is 0. The van der Waals surface area contributed by atoms with E-state index in [0.717, 1.165) is 12.5 Å². The van der Waals surface area contributed by atoms with Crippen molar-refractivity contribution in [2.45, 2.75) is 6.42 Å². The molecule has 1 heterocycles. The molecule has 1 aromatic carbocycles. The Hall–Kier alpha value is -2.69. The molecule has 3 aliphatic rings. The van der Waals surface area contributed by atoms with Crippen LogP contribution < -0.4 is 4.90 Å². The molecule has 5 heteroatoms. The standard InChI is InChI=1S/C18H15NO4/c20-14(21)7-4-10-2-1-3-13(8-10)19-17(22)15-11-5-6-12(9-11)16(15)18(19)23/h1-8,11-12,15-16H,9H2,(H,20,21). The SMILES string of the molecule is O=C(O)C=Cc1cccc(N2C(=O)C3C4C=CC(C4)C3C2=O)c1. The molecule has 0 spiro atoms. The van der Waals surface area contributed by atoms with Gasteiger partial charge in [0.1, 0.15) is 0 Å². The summed E-state index contributed by atoms with van der Waals surface area (Å²) in [7, 11) is 0. The minimum atomic E-state index is -1.04. The molecule has 23 heavy (non-hydrogen) atoms. The largest absolute Gasteiger partial charge is 0.478 e. The van der Waals surface area contributed by atoms with Gasteiger partial charge in [0.2, 0.25) is 11.8 Å². The van der Waals surface area contributed by atoms with Crippen molar-refractivity contribution in [2.75, 3.05) is 4.90 Å². The zero-order valence-corrected chi connectivity index (χ0v) is 12.3. The van der Waals surface area contributed by atoms with Gasteiger partial charge in [0.25, 0.3) is 0 Å². The lowest BCUT2D eigenvalue weighted by Crippen LogP contribution is -2.32. The summed E-state index contributed by atoms with van der Waals surface area (Å²) in [6.07, 6.45) is 7.51. The number of hydrogen-bond acceptors (Lipinski definition) is 3. The van der Waals surface area contributed by atoms with E-state index in [1.165, 1.54) is 11.0 Å². The summed E-state index contributed by atoms with van der Waals surface area (Å²) in [5.41, 5.74) is 1.16. The van der Waals surface area contributed by atoms with Crippen LogP contribution in [0.15, 0.2) is 42.5 Å². The average Bonchev–Trinajstić information content (AvgIpc) is 3.20. The summed E-state index contributed by atoms with van der Waals surface area (Å²) >= 11 is 0. The number of hydrogen-bond donors (Lipinski definition) is 1. The number of carboxylic acid groups (broad SMARTS) is 1. The van der Waals surface area contributed by atoms with Gasteiger partial charge < -0.3 is 5.11 Å². The van der Waals surface area contributed by atoms with Crippen molar-refractivity contribution in [3.63, 3.8) is 0 Å². The molecule has 4 unspecified atom stereocenters. The molecule has 5 nitrogen and oxygen atoms in total. The van der Waals surface area contributed by atoms with Crippen LogP contribution in [-0.4, -0.2) is 22.9 Å². The number of fused-ring (bicyclic) bond motifs is 5. The molecule has 2 fully saturated rings. The van der Waals surface area contributed by atoms with Crippen LogP contribution >= 0.6 is 0 Å². The van der Waals surface area contributed by atoms with Crippen LogP contribution in [0.3, 0.4) is 0 Å². The molecule has 1 saturated carbocycles. The third-order valence-corrected chi connectivity index (χ3v) is 5.02. The predicted octanol–water partition coefficient (Wildman–Crippen LogP) is 2.10. The van der Waals surface area contributed by atoms with Crippen molar-refractivity contribution in [2.24, 2.45) is 23.7 Å². The molecule has 2 bridgehead atoms. The summed E-state index contributed by atoms with van der Waals surface area (Å²) in [5.74, 6) is -1.39. The summed E-state index contributed by atoms with van der Waals surface area (Å²) in [5, 5.41) is 8.70. The fourth-order valence-electron chi connectivity index (χ4n) is 4.09. The Labute approximate surface area is 132 Å². The third-order valence-electron chi connectivity index (χ3n) is 5.02. The molecule has 1 N–H and O–H groups in total. The topological polar surface area (TPSA) is 74.7 Å². The van der Waals surface area contributed by atoms with Crippen LogP contribution in [0.2, 0.25) is 0 Å². The Kier molecular flexibility index (Phi) is 2.98. The van der Waals surface area contributed by atoms with Gasteiger partial charge in [-0.25, -0.2) is 9.69 Å². The van der Waals surface area contributed by atoms with Gasteiger partial charge in [-0.2, -0.15) is 0 Å². The van der Waals surface area contributed by atoms with Gasteiger partial charge in [0.05, 0.1) is 17.5 Å². The first kappa shape index (κ1) is 13.9. The Morgan fingerprint density at radius 2 is 1.78 bits per heavy atom. The highest BCUT2D eigenvalue weighted by atomic mass is 16.4. The first-order chi connectivity index (χ1) is 11.1. The van der Waals surface area contributed by atoms with Crippen LogP contribution in [0.25, 0.3) is 6.08 Å². The smallest absolute Gasteiger partial charge is 0.328 e. The number of carbonyl (C=O) groups is 3. The number of rotatable bonds is 3. The third kappa shape index (κ3) is 2.04. The molecule has 1 aromatic rings. The molecule has 116 valence electrons. The zero-order valence-electron chi connectivity index (χ0n) is 12.3. The van der Waals surface area contributed by atoms with Crippen molar-refractivity contribution >= 4 is 29.5 Å². The highest BCUT2D eigenvalue weighted by Crippen LogP contribution is 2.53. The first-order valence-electron chi connectivity index (χ1n) is 7.63. The Bertz CT molecular complexity index is 749. The van der Waals surface area contributed by atoms with Crippen molar-refractivity contribution in [3.8, 4) is 0 Å². The van der Waals surface area contributed by atoms with Gasteiger partial charge in [-0.1, -0.05) is 24.3 Å². The number of allylic oxidation sites excluding steroid dienone is 2. The van der Waals surface area contributed by atoms with E-state index in [2.05, 4.69) is 12.2 Å². The van der Waals surface area contributed by atoms with E-state index in [4.69, 9.17) is 5.11 Å². The van der Waals surface area contributed by atoms with E-state index >= 15 is 0 Å². The van der Waals surface area contributed by atoms with Crippen LogP contribution in [0.5, 0.6) is 0 Å². The van der Waals surface area contributed by atoms with Gasteiger partial charge in [-0.15, -0.1) is 0 Å². The number of benzene rings is 1. The van der Waals surface area contributed by atoms with Crippen molar-refractivity contribution < 1.29 is 19.5 Å². The molecule has 0 aromatic heterocycles. The fourth-order valence-corrected chi connectivity index (χ4v) is 4.09. The van der Waals surface area contributed by atoms with Gasteiger partial charge in [-0.3, -0.25) is 9.59 Å². The number of nitrogens with zero attached hydrogens (tertiary/aromatic N) is 1. The molecule has 2 amide bonds. The van der Waals surface area contributed by atoms with Gasteiger partial charge in [0, 0.05) is 6.08 Å². The molecule has 1 aliphatic heterocycles. The number of aliphatic carboxylic acids is 1. The quantitative estimate of drug-likeness (QED) is 0.527. The second-order valence-corrected chi connectivity index (χ2v) is 6.28. The Morgan fingerprint density at radius 1 is 1.13 bits per heavy atom. The first-order valence-corrected chi connectivity index (χ1v) is 7.63. The summed E-state index contributed by atoms with van der Waals surface area (Å²) in [4.78, 5) is 37.3. The van der Waals surface area contributed by atoms with E-state index in [1.54, 1.807) is 24.3 Å². The summed E-state index contributed by atoms with van der Waals surface area (Å²) in [6, 6.07) is 6.84. The van der Waals surface area contributed by atoms with E-state index in [9.17, 15) is 14.4 Å². The Balaban J connectivity index is 1.67. The normalized spacial score (nSPS) is 31.4. The summed E-state index contributed by atoms with van der Waals surface area (Å²) in [6.45, 7) is 0. The molecule has 1 saturated heterocycles. The van der Waals surface area contributed by atoms with E-state index in [-0.39, 0.29) is 35.5 Å². The molecule has 0 radical (unpaired) electrons. The van der Waals surface area contributed by atoms with Crippen LogP contribution in [-0.2, 0) is 14.4 Å². The maximum atomic E-state index is 12.7. The lowest BCUT2D eigenvalue weighted by atomic mass is 9.85. The average molecular weight is 309 g/mol. The number of imide groups is 1. The maximum Gasteiger partial charge on any atom is 0.328 e. The second kappa shape index (κ2) is 4.91. The van der Waals surface area contributed by atoms with Crippen molar-refractivity contribution in [1.82, 2.24) is 0 Å². The molecule has 4 atom stereocenters.